The fourth-order valence-corrected chi connectivity index (χ4v) is 2.56. The molecule has 0 spiro atoms. The van der Waals surface area contributed by atoms with Gasteiger partial charge in [-0.25, -0.2) is 9.97 Å². The van der Waals surface area contributed by atoms with Crippen LogP contribution in [0.4, 0.5) is 11.6 Å². The van der Waals surface area contributed by atoms with Gasteiger partial charge in [0.15, 0.2) is 0 Å². The van der Waals surface area contributed by atoms with Gasteiger partial charge in [0.2, 0.25) is 5.95 Å². The topological polar surface area (TPSA) is 58.1 Å². The van der Waals surface area contributed by atoms with E-state index in [9.17, 15) is 4.79 Å². The minimum absolute atomic E-state index is 0.177. The molecule has 2 heterocycles. The summed E-state index contributed by atoms with van der Waals surface area (Å²) in [6.45, 7) is 6.68. The average Bonchev–Trinajstić information content (AvgIpc) is 2.89. The molecular formula is C17H20N4O. The van der Waals surface area contributed by atoms with E-state index in [-0.39, 0.29) is 11.4 Å². The van der Waals surface area contributed by atoms with Crippen molar-refractivity contribution in [3.05, 3.63) is 47.8 Å². The van der Waals surface area contributed by atoms with Gasteiger partial charge in [-0.15, -0.1) is 0 Å². The predicted octanol–water partition coefficient (Wildman–Crippen LogP) is 2.70. The molecule has 22 heavy (non-hydrogen) atoms. The second-order valence-corrected chi connectivity index (χ2v) is 6.48. The number of carbonyl (C=O) groups is 1. The molecule has 2 aromatic rings. The Balaban J connectivity index is 1.88. The molecule has 1 aliphatic heterocycles. The highest BCUT2D eigenvalue weighted by Crippen LogP contribution is 2.32. The van der Waals surface area contributed by atoms with Gasteiger partial charge in [-0.2, -0.15) is 0 Å². The van der Waals surface area contributed by atoms with Crippen LogP contribution in [0.1, 0.15) is 36.8 Å². The third-order valence-electron chi connectivity index (χ3n) is 3.49. The second-order valence-electron chi connectivity index (χ2n) is 6.48. The lowest BCUT2D eigenvalue weighted by molar-refractivity contribution is 0.0914. The van der Waals surface area contributed by atoms with Crippen molar-refractivity contribution >= 4 is 17.5 Å². The van der Waals surface area contributed by atoms with Crippen molar-refractivity contribution in [2.75, 3.05) is 11.4 Å². The maximum absolute atomic E-state index is 12.3. The van der Waals surface area contributed by atoms with Gasteiger partial charge in [0.05, 0.1) is 0 Å². The van der Waals surface area contributed by atoms with Crippen molar-refractivity contribution in [2.45, 2.75) is 32.7 Å². The minimum Gasteiger partial charge on any atom is -0.346 e. The van der Waals surface area contributed by atoms with Gasteiger partial charge in [0.1, 0.15) is 5.69 Å². The Morgan fingerprint density at radius 1 is 1.23 bits per heavy atom. The third kappa shape index (κ3) is 2.93. The Hall–Kier alpha value is -2.43. The summed E-state index contributed by atoms with van der Waals surface area (Å²) in [6, 6.07) is 9.87. The van der Waals surface area contributed by atoms with E-state index in [1.807, 2.05) is 32.9 Å². The Morgan fingerprint density at radius 3 is 2.77 bits per heavy atom. The van der Waals surface area contributed by atoms with Gasteiger partial charge in [-0.3, -0.25) is 4.79 Å². The van der Waals surface area contributed by atoms with Crippen LogP contribution in [0.2, 0.25) is 0 Å². The first-order chi connectivity index (χ1) is 10.4. The van der Waals surface area contributed by atoms with Crippen molar-refractivity contribution in [1.29, 1.82) is 0 Å². The van der Waals surface area contributed by atoms with Gasteiger partial charge in [0.25, 0.3) is 5.91 Å². The quantitative estimate of drug-likeness (QED) is 0.925. The second kappa shape index (κ2) is 5.40. The Bertz CT molecular complexity index is 706. The summed E-state index contributed by atoms with van der Waals surface area (Å²) < 4.78 is 0. The standard InChI is InChI=1S/C17H20N4O/c1-17(2,3)20-15(22)13-8-10-18-16(19-13)21-11-9-12-6-4-5-7-14(12)21/h4-8,10H,9,11H2,1-3H3,(H,20,22). The van der Waals surface area contributed by atoms with E-state index in [1.165, 1.54) is 5.56 Å². The van der Waals surface area contributed by atoms with E-state index in [1.54, 1.807) is 12.3 Å². The van der Waals surface area contributed by atoms with Crippen LogP contribution in [0, 0.1) is 0 Å². The number of amides is 1. The molecule has 0 fully saturated rings. The summed E-state index contributed by atoms with van der Waals surface area (Å²) in [6.07, 6.45) is 2.61. The van der Waals surface area contributed by atoms with Gasteiger partial charge < -0.3 is 10.2 Å². The van der Waals surface area contributed by atoms with Gasteiger partial charge in [-0.1, -0.05) is 18.2 Å². The zero-order valence-electron chi connectivity index (χ0n) is 13.1. The molecule has 3 rings (SSSR count). The first kappa shape index (κ1) is 14.5. The minimum atomic E-state index is -0.289. The maximum Gasteiger partial charge on any atom is 0.270 e. The number of hydrogen-bond acceptors (Lipinski definition) is 4. The monoisotopic (exact) mass is 296 g/mol. The molecule has 1 aliphatic rings. The molecule has 0 bridgehead atoms. The maximum atomic E-state index is 12.3. The number of benzene rings is 1. The number of anilines is 2. The summed E-state index contributed by atoms with van der Waals surface area (Å²) in [4.78, 5) is 23.1. The zero-order valence-corrected chi connectivity index (χ0v) is 13.1. The molecule has 5 heteroatoms. The summed E-state index contributed by atoms with van der Waals surface area (Å²) >= 11 is 0. The molecule has 1 N–H and O–H groups in total. The summed E-state index contributed by atoms with van der Waals surface area (Å²) in [5.74, 6) is 0.398. The van der Waals surface area contributed by atoms with Crippen molar-refractivity contribution < 1.29 is 4.79 Å². The normalized spacial score (nSPS) is 13.9. The molecule has 1 aromatic carbocycles. The van der Waals surface area contributed by atoms with E-state index in [0.29, 0.717) is 11.6 Å². The number of hydrogen-bond donors (Lipinski definition) is 1. The van der Waals surface area contributed by atoms with Crippen molar-refractivity contribution in [3.8, 4) is 0 Å². The SMILES string of the molecule is CC(C)(C)NC(=O)c1ccnc(N2CCc3ccccc32)n1. The Kier molecular flexibility index (Phi) is 3.56. The summed E-state index contributed by atoms with van der Waals surface area (Å²) in [5, 5.41) is 2.92. The smallest absolute Gasteiger partial charge is 0.270 e. The van der Waals surface area contributed by atoms with E-state index in [4.69, 9.17) is 0 Å². The van der Waals surface area contributed by atoms with Crippen LogP contribution in [0.25, 0.3) is 0 Å². The highest BCUT2D eigenvalue weighted by atomic mass is 16.2. The highest BCUT2D eigenvalue weighted by molar-refractivity contribution is 5.93. The van der Waals surface area contributed by atoms with E-state index < -0.39 is 0 Å². The fourth-order valence-electron chi connectivity index (χ4n) is 2.56. The summed E-state index contributed by atoms with van der Waals surface area (Å²) in [7, 11) is 0. The molecule has 0 saturated carbocycles. The van der Waals surface area contributed by atoms with Crippen LogP contribution in [0.15, 0.2) is 36.5 Å². The van der Waals surface area contributed by atoms with E-state index >= 15 is 0 Å². The first-order valence-electron chi connectivity index (χ1n) is 7.45. The van der Waals surface area contributed by atoms with Crippen LogP contribution in [-0.2, 0) is 6.42 Å². The number of carbonyl (C=O) groups excluding carboxylic acids is 1. The van der Waals surface area contributed by atoms with Crippen molar-refractivity contribution in [3.63, 3.8) is 0 Å². The largest absolute Gasteiger partial charge is 0.346 e. The Morgan fingerprint density at radius 2 is 2.00 bits per heavy atom. The molecule has 0 aliphatic carbocycles. The number of para-hydroxylation sites is 1. The Labute approximate surface area is 130 Å². The van der Waals surface area contributed by atoms with E-state index in [0.717, 1.165) is 18.7 Å². The van der Waals surface area contributed by atoms with Crippen LogP contribution in [0.3, 0.4) is 0 Å². The van der Waals surface area contributed by atoms with Crippen LogP contribution in [0.5, 0.6) is 0 Å². The van der Waals surface area contributed by atoms with Gasteiger partial charge >= 0.3 is 0 Å². The highest BCUT2D eigenvalue weighted by Gasteiger charge is 2.23. The number of nitrogens with one attached hydrogen (secondary N) is 1. The number of nitrogens with zero attached hydrogens (tertiary/aromatic N) is 3. The van der Waals surface area contributed by atoms with Crippen molar-refractivity contribution in [2.24, 2.45) is 0 Å². The molecule has 5 nitrogen and oxygen atoms in total. The molecule has 1 aromatic heterocycles. The number of rotatable bonds is 2. The van der Waals surface area contributed by atoms with Gasteiger partial charge in [-0.05, 0) is 44.9 Å². The fraction of sp³-hybridized carbons (Fsp3) is 0.353. The molecule has 0 radical (unpaired) electrons. The zero-order chi connectivity index (χ0) is 15.7. The number of aromatic nitrogens is 2. The molecule has 114 valence electrons. The van der Waals surface area contributed by atoms with Crippen LogP contribution < -0.4 is 10.2 Å². The molecule has 0 saturated heterocycles. The lowest BCUT2D eigenvalue weighted by atomic mass is 10.1. The molecular weight excluding hydrogens is 276 g/mol. The lowest BCUT2D eigenvalue weighted by Gasteiger charge is -2.21. The first-order valence-corrected chi connectivity index (χ1v) is 7.45. The molecule has 1 amide bonds. The van der Waals surface area contributed by atoms with E-state index in [2.05, 4.69) is 32.3 Å². The third-order valence-corrected chi connectivity index (χ3v) is 3.49. The molecule has 0 atom stereocenters. The number of fused-ring (bicyclic) bond motifs is 1. The predicted molar refractivity (Wildman–Crippen MR) is 86.4 cm³/mol. The van der Waals surface area contributed by atoms with Crippen LogP contribution >= 0.6 is 0 Å². The molecule has 0 unspecified atom stereocenters. The van der Waals surface area contributed by atoms with Crippen molar-refractivity contribution in [1.82, 2.24) is 15.3 Å². The lowest BCUT2D eigenvalue weighted by Crippen LogP contribution is -2.41. The summed E-state index contributed by atoms with van der Waals surface area (Å²) in [5.41, 5.74) is 2.51. The average molecular weight is 296 g/mol. The van der Waals surface area contributed by atoms with Crippen LogP contribution in [-0.4, -0.2) is 28.0 Å². The van der Waals surface area contributed by atoms with Gasteiger partial charge in [0, 0.05) is 24.0 Å².